The molecule has 2 heterocycles. The molecule has 2 aliphatic carbocycles. The van der Waals surface area contributed by atoms with E-state index in [2.05, 4.69) is 22.0 Å². The Labute approximate surface area is 237 Å². The molecule has 1 aromatic carbocycles. The van der Waals surface area contributed by atoms with Crippen LogP contribution in [0.2, 0.25) is 0 Å². The molecule has 3 amide bonds. The van der Waals surface area contributed by atoms with Crippen molar-refractivity contribution in [3.8, 4) is 0 Å². The molecule has 5 rings (SSSR count). The Bertz CT molecular complexity index is 1230. The Balaban J connectivity index is 1.41. The van der Waals surface area contributed by atoms with Crippen molar-refractivity contribution in [2.45, 2.75) is 88.5 Å². The molecular formula is C29H43N5O5S. The molecule has 0 unspecified atom stereocenters. The van der Waals surface area contributed by atoms with Gasteiger partial charge in [0, 0.05) is 19.1 Å². The second kappa shape index (κ2) is 11.8. The lowest BCUT2D eigenvalue weighted by molar-refractivity contribution is -0.141. The number of carbonyl (C=O) groups is 3. The number of benzene rings is 1. The van der Waals surface area contributed by atoms with Crippen molar-refractivity contribution in [1.82, 2.24) is 25.2 Å². The largest absolute Gasteiger partial charge is 0.349 e. The Hall–Kier alpha value is -2.50. The first kappa shape index (κ1) is 29.0. The summed E-state index contributed by atoms with van der Waals surface area (Å²) in [7, 11) is -1.88. The van der Waals surface area contributed by atoms with Crippen LogP contribution in [0.1, 0.15) is 69.0 Å². The van der Waals surface area contributed by atoms with E-state index in [-0.39, 0.29) is 36.2 Å². The van der Waals surface area contributed by atoms with Gasteiger partial charge in [0.05, 0.1) is 30.3 Å². The molecule has 0 spiro atoms. The Morgan fingerprint density at radius 2 is 1.75 bits per heavy atom. The van der Waals surface area contributed by atoms with E-state index in [4.69, 9.17) is 0 Å². The highest BCUT2D eigenvalue weighted by Crippen LogP contribution is 2.40. The number of aryl methyl sites for hydroxylation is 1. The topological polar surface area (TPSA) is 128 Å². The van der Waals surface area contributed by atoms with Crippen LogP contribution in [0, 0.1) is 11.8 Å². The zero-order chi connectivity index (χ0) is 28.6. The van der Waals surface area contributed by atoms with E-state index in [0.717, 1.165) is 50.5 Å². The Kier molecular flexibility index (Phi) is 8.54. The quantitative estimate of drug-likeness (QED) is 0.431. The van der Waals surface area contributed by atoms with Gasteiger partial charge in [-0.3, -0.25) is 14.4 Å². The third kappa shape index (κ3) is 5.65. The van der Waals surface area contributed by atoms with Crippen LogP contribution in [0.3, 0.4) is 0 Å². The summed E-state index contributed by atoms with van der Waals surface area (Å²) < 4.78 is 27.0. The molecule has 3 fully saturated rings. The van der Waals surface area contributed by atoms with E-state index < -0.39 is 40.1 Å². The SMILES string of the molecule is CN[C@@H](C)C(=O)N[C@H](C(=O)N1CC[C@@H]2[C@H]1[C@@H](C(=O)N[C@H]1CCc3ccccc31)CN2S(C)(=O)=O)C1CCCCC1. The number of rotatable bonds is 8. The number of likely N-dealkylation sites (tertiary alicyclic amines) is 1. The van der Waals surface area contributed by atoms with Crippen LogP contribution in [-0.4, -0.2) is 85.9 Å². The third-order valence-electron chi connectivity index (χ3n) is 9.59. The molecule has 0 aromatic heterocycles. The average Bonchev–Trinajstić information content (AvgIpc) is 3.65. The summed E-state index contributed by atoms with van der Waals surface area (Å²) in [6, 6.07) is 5.77. The number of nitrogens with one attached hydrogen (secondary N) is 3. The van der Waals surface area contributed by atoms with E-state index in [9.17, 15) is 22.8 Å². The molecule has 40 heavy (non-hydrogen) atoms. The number of likely N-dealkylation sites (N-methyl/N-ethyl adjacent to an activating group) is 1. The minimum atomic E-state index is -3.59. The van der Waals surface area contributed by atoms with Gasteiger partial charge in [-0.2, -0.15) is 4.31 Å². The minimum absolute atomic E-state index is 0.0167. The number of fused-ring (bicyclic) bond motifs is 2. The smallest absolute Gasteiger partial charge is 0.245 e. The lowest BCUT2D eigenvalue weighted by Gasteiger charge is -2.36. The van der Waals surface area contributed by atoms with Crippen molar-refractivity contribution in [2.75, 3.05) is 26.4 Å². The summed E-state index contributed by atoms with van der Waals surface area (Å²) in [5.41, 5.74) is 2.32. The molecule has 1 saturated carbocycles. The number of carbonyl (C=O) groups excluding carboxylic acids is 3. The highest BCUT2D eigenvalue weighted by atomic mass is 32.2. The maximum atomic E-state index is 14.3. The molecular weight excluding hydrogens is 530 g/mol. The average molecular weight is 574 g/mol. The van der Waals surface area contributed by atoms with Gasteiger partial charge < -0.3 is 20.9 Å². The van der Waals surface area contributed by atoms with Gasteiger partial charge in [-0.05, 0) is 63.1 Å². The molecule has 2 aliphatic heterocycles. The maximum absolute atomic E-state index is 14.3. The summed E-state index contributed by atoms with van der Waals surface area (Å²) in [6.45, 7) is 2.17. The van der Waals surface area contributed by atoms with Gasteiger partial charge in [0.15, 0.2) is 0 Å². The van der Waals surface area contributed by atoms with Crippen molar-refractivity contribution in [2.24, 2.45) is 11.8 Å². The first-order valence-corrected chi connectivity index (χ1v) is 16.6. The van der Waals surface area contributed by atoms with Gasteiger partial charge in [-0.15, -0.1) is 0 Å². The molecule has 6 atom stereocenters. The van der Waals surface area contributed by atoms with Crippen LogP contribution in [-0.2, 0) is 30.8 Å². The predicted molar refractivity (Wildman–Crippen MR) is 152 cm³/mol. The molecule has 0 radical (unpaired) electrons. The normalized spacial score (nSPS) is 28.5. The predicted octanol–water partition coefficient (Wildman–Crippen LogP) is 1.32. The van der Waals surface area contributed by atoms with Crippen molar-refractivity contribution < 1.29 is 22.8 Å². The molecule has 3 N–H and O–H groups in total. The molecule has 11 heteroatoms. The summed E-state index contributed by atoms with van der Waals surface area (Å²) >= 11 is 0. The van der Waals surface area contributed by atoms with E-state index in [1.807, 2.05) is 18.2 Å². The Morgan fingerprint density at radius 1 is 1.02 bits per heavy atom. The van der Waals surface area contributed by atoms with Crippen molar-refractivity contribution >= 4 is 27.7 Å². The van der Waals surface area contributed by atoms with E-state index in [0.29, 0.717) is 13.0 Å². The first-order chi connectivity index (χ1) is 19.1. The van der Waals surface area contributed by atoms with Gasteiger partial charge in [-0.25, -0.2) is 8.42 Å². The number of sulfonamides is 1. The summed E-state index contributed by atoms with van der Waals surface area (Å²) in [6.07, 6.45) is 8.16. The van der Waals surface area contributed by atoms with Crippen LogP contribution in [0.25, 0.3) is 0 Å². The van der Waals surface area contributed by atoms with Crippen LogP contribution in [0.15, 0.2) is 24.3 Å². The van der Waals surface area contributed by atoms with Crippen molar-refractivity contribution in [3.63, 3.8) is 0 Å². The zero-order valence-corrected chi connectivity index (χ0v) is 24.6. The van der Waals surface area contributed by atoms with E-state index in [1.165, 1.54) is 16.1 Å². The lowest BCUT2D eigenvalue weighted by Crippen LogP contribution is -2.58. The van der Waals surface area contributed by atoms with E-state index >= 15 is 0 Å². The van der Waals surface area contributed by atoms with Crippen LogP contribution in [0.5, 0.6) is 0 Å². The van der Waals surface area contributed by atoms with Gasteiger partial charge in [0.2, 0.25) is 27.7 Å². The second-order valence-electron chi connectivity index (χ2n) is 12.0. The molecule has 1 aromatic rings. The highest BCUT2D eigenvalue weighted by molar-refractivity contribution is 7.88. The molecule has 10 nitrogen and oxygen atoms in total. The zero-order valence-electron chi connectivity index (χ0n) is 23.8. The van der Waals surface area contributed by atoms with Crippen LogP contribution >= 0.6 is 0 Å². The Morgan fingerprint density at radius 3 is 2.45 bits per heavy atom. The van der Waals surface area contributed by atoms with E-state index in [1.54, 1.807) is 18.9 Å². The molecule has 4 aliphatic rings. The molecule has 220 valence electrons. The van der Waals surface area contributed by atoms with Crippen molar-refractivity contribution in [1.29, 1.82) is 0 Å². The standard InChI is InChI=1S/C29H43N5O5S/c1-18(30-2)27(35)32-25(20-10-5-4-6-11-20)29(37)33-16-15-24-26(33)22(17-34(24)40(3,38)39)28(36)31-23-14-13-19-9-7-8-12-21(19)23/h7-9,12,18,20,22-26,30H,4-6,10-11,13-17H2,1-3H3,(H,31,36)(H,32,35)/t18-,22-,23-,24+,25-,26+/m0/s1. The van der Waals surface area contributed by atoms with Gasteiger partial charge in [0.1, 0.15) is 6.04 Å². The fourth-order valence-electron chi connectivity index (χ4n) is 7.33. The summed E-state index contributed by atoms with van der Waals surface area (Å²) in [5.74, 6) is -1.32. The lowest BCUT2D eigenvalue weighted by atomic mass is 9.83. The fraction of sp³-hybridized carbons (Fsp3) is 0.690. The summed E-state index contributed by atoms with van der Waals surface area (Å²) in [4.78, 5) is 42.7. The monoisotopic (exact) mass is 573 g/mol. The molecule has 2 saturated heterocycles. The number of amides is 3. The maximum Gasteiger partial charge on any atom is 0.245 e. The second-order valence-corrected chi connectivity index (χ2v) is 13.9. The highest BCUT2D eigenvalue weighted by Gasteiger charge is 2.56. The number of hydrogen-bond acceptors (Lipinski definition) is 6. The van der Waals surface area contributed by atoms with Gasteiger partial charge >= 0.3 is 0 Å². The number of hydrogen-bond donors (Lipinski definition) is 3. The van der Waals surface area contributed by atoms with Gasteiger partial charge in [0.25, 0.3) is 0 Å². The van der Waals surface area contributed by atoms with Crippen molar-refractivity contribution in [3.05, 3.63) is 35.4 Å². The van der Waals surface area contributed by atoms with Crippen LogP contribution in [0.4, 0.5) is 0 Å². The molecule has 0 bridgehead atoms. The first-order valence-electron chi connectivity index (χ1n) is 14.7. The minimum Gasteiger partial charge on any atom is -0.349 e. The number of nitrogens with zero attached hydrogens (tertiary/aromatic N) is 2. The van der Waals surface area contributed by atoms with Crippen LogP contribution < -0.4 is 16.0 Å². The third-order valence-corrected chi connectivity index (χ3v) is 10.9. The summed E-state index contributed by atoms with van der Waals surface area (Å²) in [5, 5.41) is 9.16. The fourth-order valence-corrected chi connectivity index (χ4v) is 8.49. The van der Waals surface area contributed by atoms with Gasteiger partial charge in [-0.1, -0.05) is 43.5 Å².